The summed E-state index contributed by atoms with van der Waals surface area (Å²) < 4.78 is 15.9. The van der Waals surface area contributed by atoms with E-state index >= 15 is 0 Å². The fourth-order valence-electron chi connectivity index (χ4n) is 2.05. The summed E-state index contributed by atoms with van der Waals surface area (Å²) in [5.41, 5.74) is 0.850. The summed E-state index contributed by atoms with van der Waals surface area (Å²) in [6.07, 6.45) is 3.19. The van der Waals surface area contributed by atoms with Crippen LogP contribution in [0.25, 0.3) is 6.08 Å². The molecule has 0 atom stereocenters. The zero-order valence-electron chi connectivity index (χ0n) is 13.8. The van der Waals surface area contributed by atoms with Crippen LogP contribution in [0.1, 0.15) is 5.56 Å². The highest BCUT2D eigenvalue weighted by Crippen LogP contribution is 2.27. The number of carbonyl (C=O) groups excluding carboxylic acids is 1. The minimum atomic E-state index is -0.179. The molecule has 0 spiro atoms. The molecule has 2 aromatic carbocycles. The van der Waals surface area contributed by atoms with Gasteiger partial charge in [-0.3, -0.25) is 4.79 Å². The van der Waals surface area contributed by atoms with E-state index in [1.807, 2.05) is 36.4 Å². The third kappa shape index (κ3) is 5.35. The summed E-state index contributed by atoms with van der Waals surface area (Å²) in [4.78, 5) is 11.8. The van der Waals surface area contributed by atoms with Gasteiger partial charge in [0.1, 0.15) is 12.4 Å². The predicted octanol–water partition coefficient (Wildman–Crippen LogP) is 2.91. The second-order valence-corrected chi connectivity index (χ2v) is 4.90. The lowest BCUT2D eigenvalue weighted by molar-refractivity contribution is -0.116. The molecule has 1 N–H and O–H groups in total. The van der Waals surface area contributed by atoms with Crippen molar-refractivity contribution in [3.05, 3.63) is 60.2 Å². The van der Waals surface area contributed by atoms with Gasteiger partial charge in [-0.1, -0.05) is 24.3 Å². The summed E-state index contributed by atoms with van der Waals surface area (Å²) in [6.45, 7) is 0.851. The van der Waals surface area contributed by atoms with Gasteiger partial charge in [-0.25, -0.2) is 0 Å². The predicted molar refractivity (Wildman–Crippen MR) is 93.5 cm³/mol. The van der Waals surface area contributed by atoms with Crippen molar-refractivity contribution in [1.82, 2.24) is 5.32 Å². The molecule has 0 aliphatic carbocycles. The maximum absolute atomic E-state index is 11.8. The molecular formula is C19H21NO4. The number of nitrogens with one attached hydrogen (secondary N) is 1. The van der Waals surface area contributed by atoms with Crippen molar-refractivity contribution in [3.63, 3.8) is 0 Å². The molecule has 5 heteroatoms. The Morgan fingerprint density at radius 3 is 2.50 bits per heavy atom. The molecule has 0 aliphatic rings. The third-order valence-corrected chi connectivity index (χ3v) is 3.25. The highest BCUT2D eigenvalue weighted by atomic mass is 16.5. The maximum atomic E-state index is 11.8. The Morgan fingerprint density at radius 2 is 1.79 bits per heavy atom. The van der Waals surface area contributed by atoms with Crippen molar-refractivity contribution < 1.29 is 19.0 Å². The van der Waals surface area contributed by atoms with Gasteiger partial charge in [0.05, 0.1) is 20.8 Å². The largest absolute Gasteiger partial charge is 0.493 e. The molecule has 0 heterocycles. The van der Waals surface area contributed by atoms with Crippen LogP contribution in [-0.2, 0) is 4.79 Å². The van der Waals surface area contributed by atoms with Gasteiger partial charge in [0.25, 0.3) is 0 Å². The maximum Gasteiger partial charge on any atom is 0.244 e. The minimum Gasteiger partial charge on any atom is -0.493 e. The molecule has 126 valence electrons. The van der Waals surface area contributed by atoms with Crippen LogP contribution in [0.3, 0.4) is 0 Å². The topological polar surface area (TPSA) is 56.8 Å². The quantitative estimate of drug-likeness (QED) is 0.598. The van der Waals surface area contributed by atoms with Crippen molar-refractivity contribution in [1.29, 1.82) is 0 Å². The highest BCUT2D eigenvalue weighted by Gasteiger charge is 2.03. The Hall–Kier alpha value is -2.95. The van der Waals surface area contributed by atoms with E-state index < -0.39 is 0 Å². The molecule has 1 amide bonds. The smallest absolute Gasteiger partial charge is 0.244 e. The highest BCUT2D eigenvalue weighted by molar-refractivity contribution is 5.91. The minimum absolute atomic E-state index is 0.179. The Balaban J connectivity index is 1.78. The average molecular weight is 327 g/mol. The number of methoxy groups -OCH3 is 2. The Labute approximate surface area is 141 Å². The number of rotatable bonds is 8. The number of para-hydroxylation sites is 1. The number of hydrogen-bond donors (Lipinski definition) is 1. The molecule has 0 radical (unpaired) electrons. The van der Waals surface area contributed by atoms with Crippen LogP contribution in [0.4, 0.5) is 0 Å². The average Bonchev–Trinajstić information content (AvgIpc) is 2.64. The first-order valence-electron chi connectivity index (χ1n) is 7.58. The molecule has 0 aromatic heterocycles. The second-order valence-electron chi connectivity index (χ2n) is 4.90. The van der Waals surface area contributed by atoms with Crippen molar-refractivity contribution in [2.45, 2.75) is 0 Å². The van der Waals surface area contributed by atoms with Crippen LogP contribution in [0.15, 0.2) is 54.6 Å². The van der Waals surface area contributed by atoms with E-state index in [1.165, 1.54) is 6.08 Å². The molecule has 0 saturated carbocycles. The summed E-state index contributed by atoms with van der Waals surface area (Å²) in [6, 6.07) is 14.9. The molecule has 0 fully saturated rings. The van der Waals surface area contributed by atoms with Gasteiger partial charge in [-0.05, 0) is 35.9 Å². The first kappa shape index (κ1) is 17.4. The number of benzene rings is 2. The summed E-state index contributed by atoms with van der Waals surface area (Å²) in [5, 5.41) is 2.77. The first-order valence-corrected chi connectivity index (χ1v) is 7.58. The van der Waals surface area contributed by atoms with Gasteiger partial charge in [-0.15, -0.1) is 0 Å². The standard InChI is InChI=1S/C19H21NO4/c1-22-17-10-8-15(14-18(17)23-2)9-11-19(21)20-12-13-24-16-6-4-3-5-7-16/h3-11,14H,12-13H2,1-2H3,(H,20,21). The lowest BCUT2D eigenvalue weighted by atomic mass is 10.2. The first-order chi connectivity index (χ1) is 11.7. The fourth-order valence-corrected chi connectivity index (χ4v) is 2.05. The summed E-state index contributed by atoms with van der Waals surface area (Å²) in [5.74, 6) is 1.88. The van der Waals surface area contributed by atoms with E-state index in [2.05, 4.69) is 5.32 Å². The fraction of sp³-hybridized carbons (Fsp3) is 0.211. The SMILES string of the molecule is COc1ccc(C=CC(=O)NCCOc2ccccc2)cc1OC. The van der Waals surface area contributed by atoms with Crippen LogP contribution >= 0.6 is 0 Å². The number of carbonyl (C=O) groups is 1. The molecule has 2 aromatic rings. The van der Waals surface area contributed by atoms with Crippen LogP contribution < -0.4 is 19.5 Å². The number of ether oxygens (including phenoxy) is 3. The van der Waals surface area contributed by atoms with E-state index in [-0.39, 0.29) is 5.91 Å². The number of amides is 1. The van der Waals surface area contributed by atoms with Gasteiger partial charge in [0, 0.05) is 6.08 Å². The molecular weight excluding hydrogens is 306 g/mol. The van der Waals surface area contributed by atoms with Crippen LogP contribution in [0, 0.1) is 0 Å². The van der Waals surface area contributed by atoms with Crippen molar-refractivity contribution in [2.24, 2.45) is 0 Å². The van der Waals surface area contributed by atoms with E-state index in [9.17, 15) is 4.79 Å². The molecule has 0 unspecified atom stereocenters. The Bertz CT molecular complexity index is 683. The zero-order chi connectivity index (χ0) is 17.2. The van der Waals surface area contributed by atoms with Crippen LogP contribution in [0.2, 0.25) is 0 Å². The van der Waals surface area contributed by atoms with Crippen molar-refractivity contribution in [3.8, 4) is 17.2 Å². The molecule has 0 bridgehead atoms. The van der Waals surface area contributed by atoms with E-state index in [0.29, 0.717) is 24.7 Å². The molecule has 2 rings (SSSR count). The van der Waals surface area contributed by atoms with Gasteiger partial charge in [0.15, 0.2) is 11.5 Å². The van der Waals surface area contributed by atoms with Gasteiger partial charge < -0.3 is 19.5 Å². The number of hydrogen-bond acceptors (Lipinski definition) is 4. The normalized spacial score (nSPS) is 10.4. The van der Waals surface area contributed by atoms with Crippen molar-refractivity contribution in [2.75, 3.05) is 27.4 Å². The second kappa shape index (κ2) is 9.25. The zero-order valence-corrected chi connectivity index (χ0v) is 13.8. The van der Waals surface area contributed by atoms with Gasteiger partial charge in [0.2, 0.25) is 5.91 Å². The van der Waals surface area contributed by atoms with Crippen molar-refractivity contribution >= 4 is 12.0 Å². The van der Waals surface area contributed by atoms with E-state index in [1.54, 1.807) is 32.4 Å². The third-order valence-electron chi connectivity index (χ3n) is 3.25. The van der Waals surface area contributed by atoms with Gasteiger partial charge >= 0.3 is 0 Å². The van der Waals surface area contributed by atoms with E-state index in [4.69, 9.17) is 14.2 Å². The Morgan fingerprint density at radius 1 is 1.04 bits per heavy atom. The van der Waals surface area contributed by atoms with Gasteiger partial charge in [-0.2, -0.15) is 0 Å². The summed E-state index contributed by atoms with van der Waals surface area (Å²) in [7, 11) is 3.16. The monoisotopic (exact) mass is 327 g/mol. The molecule has 5 nitrogen and oxygen atoms in total. The molecule has 0 aliphatic heterocycles. The molecule has 24 heavy (non-hydrogen) atoms. The lowest BCUT2D eigenvalue weighted by Gasteiger charge is -2.08. The summed E-state index contributed by atoms with van der Waals surface area (Å²) >= 11 is 0. The Kier molecular flexibility index (Phi) is 6.71. The van der Waals surface area contributed by atoms with Crippen LogP contribution in [0.5, 0.6) is 17.2 Å². The molecule has 0 saturated heterocycles. The lowest BCUT2D eigenvalue weighted by Crippen LogP contribution is -2.26. The van der Waals surface area contributed by atoms with Crippen LogP contribution in [-0.4, -0.2) is 33.3 Å². The van der Waals surface area contributed by atoms with E-state index in [0.717, 1.165) is 11.3 Å².